The van der Waals surface area contributed by atoms with Crippen molar-refractivity contribution >= 4 is 10.0 Å². The molecule has 1 aromatic heterocycles. The summed E-state index contributed by atoms with van der Waals surface area (Å²) in [6.45, 7) is 3.85. The molecule has 0 radical (unpaired) electrons. The summed E-state index contributed by atoms with van der Waals surface area (Å²) in [5.41, 5.74) is 0.0360. The molecule has 0 unspecified atom stereocenters. The normalized spacial score (nSPS) is 24.7. The van der Waals surface area contributed by atoms with Crippen LogP contribution in [0.15, 0.2) is 4.90 Å². The molecule has 1 aromatic rings. The summed E-state index contributed by atoms with van der Waals surface area (Å²) in [4.78, 5) is -0.135. The zero-order valence-electron chi connectivity index (χ0n) is 12.4. The first-order valence-corrected chi connectivity index (χ1v) is 8.08. The van der Waals surface area contributed by atoms with Gasteiger partial charge in [-0.15, -0.1) is 0 Å². The number of aromatic nitrogens is 2. The Kier molecular flexibility index (Phi) is 4.36. The number of sulfonamides is 1. The van der Waals surface area contributed by atoms with Gasteiger partial charge in [0, 0.05) is 13.1 Å². The number of rotatable bonds is 3. The van der Waals surface area contributed by atoms with E-state index in [2.05, 4.69) is 5.10 Å². The van der Waals surface area contributed by atoms with Crippen molar-refractivity contribution in [1.82, 2.24) is 14.1 Å². The third kappa shape index (κ3) is 2.95. The quantitative estimate of drug-likeness (QED) is 0.849. The minimum absolute atomic E-state index is 0.0469. The van der Waals surface area contributed by atoms with Crippen LogP contribution < -0.4 is 0 Å². The Bertz CT molecular complexity index is 620. The van der Waals surface area contributed by atoms with Gasteiger partial charge in [-0.1, -0.05) is 0 Å². The van der Waals surface area contributed by atoms with E-state index in [0.717, 1.165) is 0 Å². The monoisotopic (exact) mass is 323 g/mol. The molecule has 9 heteroatoms. The molecule has 2 heterocycles. The van der Waals surface area contributed by atoms with Crippen LogP contribution in [0.2, 0.25) is 0 Å². The van der Waals surface area contributed by atoms with Crippen molar-refractivity contribution in [3.8, 4) is 0 Å². The smallest absolute Gasteiger partial charge is 0.333 e. The topological polar surface area (TPSA) is 64.4 Å². The summed E-state index contributed by atoms with van der Waals surface area (Å²) < 4.78 is 58.4. The zero-order chi connectivity index (χ0) is 15.9. The Morgan fingerprint density at radius 2 is 1.76 bits per heavy atom. The molecule has 0 saturated carbocycles. The van der Waals surface area contributed by atoms with Gasteiger partial charge in [-0.2, -0.15) is 18.2 Å². The molecule has 21 heavy (non-hydrogen) atoms. The lowest BCUT2D eigenvalue weighted by atomic mass is 10.3. The SMILES string of the molecule is Cc1nn(C(F)F)c(C)c1S(=O)(=O)N1C[C@@H](C)O[C@H](C)C1. The number of nitrogens with zero attached hydrogens (tertiary/aromatic N) is 3. The van der Waals surface area contributed by atoms with E-state index in [9.17, 15) is 17.2 Å². The van der Waals surface area contributed by atoms with Crippen LogP contribution in [-0.4, -0.2) is 47.8 Å². The average Bonchev–Trinajstić information content (AvgIpc) is 2.64. The predicted octanol–water partition coefficient (Wildman–Crippen LogP) is 1.69. The highest BCUT2D eigenvalue weighted by Gasteiger charge is 2.36. The molecule has 6 nitrogen and oxygen atoms in total. The van der Waals surface area contributed by atoms with Crippen molar-refractivity contribution in [3.05, 3.63) is 11.4 Å². The van der Waals surface area contributed by atoms with Gasteiger partial charge in [0.15, 0.2) is 0 Å². The number of halogens is 2. The summed E-state index contributed by atoms with van der Waals surface area (Å²) in [5.74, 6) is 0. The van der Waals surface area contributed by atoms with E-state index < -0.39 is 16.6 Å². The van der Waals surface area contributed by atoms with Crippen LogP contribution in [0.4, 0.5) is 8.78 Å². The number of ether oxygens (including phenoxy) is 1. The molecule has 0 aliphatic carbocycles. The van der Waals surface area contributed by atoms with Crippen molar-refractivity contribution in [2.24, 2.45) is 0 Å². The second-order valence-electron chi connectivity index (χ2n) is 5.30. The van der Waals surface area contributed by atoms with Crippen LogP contribution in [0.3, 0.4) is 0 Å². The molecule has 1 aliphatic heterocycles. The summed E-state index contributed by atoms with van der Waals surface area (Å²) in [7, 11) is -3.87. The highest BCUT2D eigenvalue weighted by molar-refractivity contribution is 7.89. The van der Waals surface area contributed by atoms with Gasteiger partial charge in [-0.3, -0.25) is 0 Å². The summed E-state index contributed by atoms with van der Waals surface area (Å²) in [5, 5.41) is 3.64. The predicted molar refractivity (Wildman–Crippen MR) is 71.7 cm³/mol. The van der Waals surface area contributed by atoms with Gasteiger partial charge < -0.3 is 4.74 Å². The van der Waals surface area contributed by atoms with Crippen molar-refractivity contribution in [2.75, 3.05) is 13.1 Å². The first kappa shape index (κ1) is 16.3. The maximum absolute atomic E-state index is 12.8. The van der Waals surface area contributed by atoms with Gasteiger partial charge in [0.05, 0.1) is 23.6 Å². The molecule has 0 bridgehead atoms. The van der Waals surface area contributed by atoms with Gasteiger partial charge in [0.2, 0.25) is 10.0 Å². The summed E-state index contributed by atoms with van der Waals surface area (Å²) >= 11 is 0. The van der Waals surface area contributed by atoms with Crippen LogP contribution >= 0.6 is 0 Å². The molecule has 1 saturated heterocycles. The number of hydrogen-bond donors (Lipinski definition) is 0. The molecule has 1 aliphatic rings. The van der Waals surface area contributed by atoms with Gasteiger partial charge in [0.25, 0.3) is 0 Å². The Labute approximate surface area is 122 Å². The summed E-state index contributed by atoms with van der Waals surface area (Å²) in [6.07, 6.45) is -0.483. The standard InChI is InChI=1S/C12H19F2N3O3S/c1-7-5-16(6-8(2)20-7)21(18,19)11-9(3)15-17(10(11)4)12(13)14/h7-8,12H,5-6H2,1-4H3/t7-,8-/m1/s1. The van der Waals surface area contributed by atoms with Gasteiger partial charge in [-0.25, -0.2) is 13.1 Å². The third-order valence-electron chi connectivity index (χ3n) is 3.43. The number of aryl methyl sites for hydroxylation is 1. The Balaban J connectivity index is 2.45. The van der Waals surface area contributed by atoms with E-state index in [1.807, 2.05) is 0 Å². The lowest BCUT2D eigenvalue weighted by molar-refractivity contribution is -0.0441. The van der Waals surface area contributed by atoms with Gasteiger partial charge in [-0.05, 0) is 27.7 Å². The average molecular weight is 323 g/mol. The first-order chi connectivity index (χ1) is 9.64. The first-order valence-electron chi connectivity index (χ1n) is 6.64. The molecule has 0 amide bonds. The molecule has 0 N–H and O–H groups in total. The van der Waals surface area contributed by atoms with Gasteiger partial charge >= 0.3 is 6.55 Å². The van der Waals surface area contributed by atoms with Crippen LogP contribution in [0.1, 0.15) is 31.8 Å². The maximum atomic E-state index is 12.8. The molecule has 2 rings (SSSR count). The Morgan fingerprint density at radius 1 is 1.24 bits per heavy atom. The number of alkyl halides is 2. The van der Waals surface area contributed by atoms with Crippen LogP contribution in [0.25, 0.3) is 0 Å². The van der Waals surface area contributed by atoms with Crippen molar-refractivity contribution in [3.63, 3.8) is 0 Å². The minimum Gasteiger partial charge on any atom is -0.373 e. The number of hydrogen-bond acceptors (Lipinski definition) is 4. The lowest BCUT2D eigenvalue weighted by Gasteiger charge is -2.34. The molecule has 120 valence electrons. The van der Waals surface area contributed by atoms with Gasteiger partial charge in [0.1, 0.15) is 4.90 Å². The minimum atomic E-state index is -3.87. The number of morpholine rings is 1. The van der Waals surface area contributed by atoms with E-state index >= 15 is 0 Å². The van der Waals surface area contributed by atoms with Crippen molar-refractivity contribution < 1.29 is 21.9 Å². The van der Waals surface area contributed by atoms with Crippen LogP contribution in [0, 0.1) is 13.8 Å². The lowest BCUT2D eigenvalue weighted by Crippen LogP contribution is -2.48. The molecular weight excluding hydrogens is 304 g/mol. The maximum Gasteiger partial charge on any atom is 0.333 e. The highest BCUT2D eigenvalue weighted by Crippen LogP contribution is 2.28. The Morgan fingerprint density at radius 3 is 2.19 bits per heavy atom. The van der Waals surface area contributed by atoms with E-state index in [-0.39, 0.29) is 41.6 Å². The second-order valence-corrected chi connectivity index (χ2v) is 7.18. The van der Waals surface area contributed by atoms with Crippen molar-refractivity contribution in [1.29, 1.82) is 0 Å². The fourth-order valence-corrected chi connectivity index (χ4v) is 4.62. The van der Waals surface area contributed by atoms with Crippen LogP contribution in [0.5, 0.6) is 0 Å². The molecule has 2 atom stereocenters. The van der Waals surface area contributed by atoms with E-state index in [0.29, 0.717) is 4.68 Å². The van der Waals surface area contributed by atoms with E-state index in [4.69, 9.17) is 4.74 Å². The zero-order valence-corrected chi connectivity index (χ0v) is 13.2. The summed E-state index contributed by atoms with van der Waals surface area (Å²) in [6, 6.07) is 0. The molecular formula is C12H19F2N3O3S. The fraction of sp³-hybridized carbons (Fsp3) is 0.750. The largest absolute Gasteiger partial charge is 0.373 e. The van der Waals surface area contributed by atoms with E-state index in [1.165, 1.54) is 18.2 Å². The Hall–Kier alpha value is -1.06. The van der Waals surface area contributed by atoms with Crippen molar-refractivity contribution in [2.45, 2.75) is 51.3 Å². The van der Waals surface area contributed by atoms with E-state index in [1.54, 1.807) is 13.8 Å². The second kappa shape index (κ2) is 5.62. The molecule has 0 aromatic carbocycles. The molecule has 0 spiro atoms. The third-order valence-corrected chi connectivity index (χ3v) is 5.51. The van der Waals surface area contributed by atoms with Crippen LogP contribution in [-0.2, 0) is 14.8 Å². The molecule has 1 fully saturated rings. The fourth-order valence-electron chi connectivity index (χ4n) is 2.67. The highest BCUT2D eigenvalue weighted by atomic mass is 32.2.